The predicted octanol–water partition coefficient (Wildman–Crippen LogP) is 4.71. The van der Waals surface area contributed by atoms with Gasteiger partial charge in [-0.3, -0.25) is 0 Å². The molecule has 1 aromatic carbocycles. The average molecular weight is 273 g/mol. The Morgan fingerprint density at radius 2 is 1.60 bits per heavy atom. The van der Waals surface area contributed by atoms with Crippen LogP contribution in [0.25, 0.3) is 0 Å². The maximum Gasteiger partial charge on any atom is -0.00466 e. The predicted molar refractivity (Wildman–Crippen MR) is 88.4 cm³/mol. The van der Waals surface area contributed by atoms with E-state index in [0.717, 1.165) is 0 Å². The highest BCUT2D eigenvalue weighted by Gasteiger charge is 2.32. The number of benzene rings is 1. The highest BCUT2D eigenvalue weighted by Crippen LogP contribution is 2.44. The molecule has 1 heteroatoms. The third-order valence-corrected chi connectivity index (χ3v) is 5.32. The largest absolute Gasteiger partial charge is 0.320 e. The van der Waals surface area contributed by atoms with Crippen LogP contribution in [0.1, 0.15) is 60.8 Å². The second-order valence-electron chi connectivity index (χ2n) is 6.94. The minimum absolute atomic E-state index is 0.618. The van der Waals surface area contributed by atoms with E-state index in [4.69, 9.17) is 0 Å². The highest BCUT2D eigenvalue weighted by molar-refractivity contribution is 5.37. The van der Waals surface area contributed by atoms with E-state index in [1.165, 1.54) is 68.2 Å². The number of aryl methyl sites for hydroxylation is 3. The molecule has 0 saturated heterocycles. The van der Waals surface area contributed by atoms with Gasteiger partial charge in [0.1, 0.15) is 0 Å². The van der Waals surface area contributed by atoms with Crippen LogP contribution in [0.4, 0.5) is 0 Å². The van der Waals surface area contributed by atoms with Crippen molar-refractivity contribution in [1.82, 2.24) is 5.32 Å². The van der Waals surface area contributed by atoms with Crippen molar-refractivity contribution in [3.05, 3.63) is 34.4 Å². The Kier molecular flexibility index (Phi) is 5.26. The Morgan fingerprint density at radius 1 is 1.00 bits per heavy atom. The zero-order chi connectivity index (χ0) is 14.6. The normalized spacial score (nSPS) is 17.6. The zero-order valence-electron chi connectivity index (χ0n) is 13.8. The first-order chi connectivity index (χ1) is 9.56. The number of rotatable bonds is 6. The molecule has 0 spiro atoms. The SMILES string of the molecule is CNCCC1(CCc2c(C)cc(C)cc2C)CCCC1. The van der Waals surface area contributed by atoms with E-state index in [9.17, 15) is 0 Å². The lowest BCUT2D eigenvalue weighted by atomic mass is 9.77. The summed E-state index contributed by atoms with van der Waals surface area (Å²) in [7, 11) is 2.08. The molecule has 112 valence electrons. The van der Waals surface area contributed by atoms with Gasteiger partial charge in [0.15, 0.2) is 0 Å². The molecule has 0 unspecified atom stereocenters. The smallest absolute Gasteiger partial charge is 0.00466 e. The summed E-state index contributed by atoms with van der Waals surface area (Å²) in [4.78, 5) is 0. The van der Waals surface area contributed by atoms with Crippen molar-refractivity contribution >= 4 is 0 Å². The van der Waals surface area contributed by atoms with Crippen LogP contribution in [0.15, 0.2) is 12.1 Å². The van der Waals surface area contributed by atoms with Gasteiger partial charge in [0.2, 0.25) is 0 Å². The monoisotopic (exact) mass is 273 g/mol. The van der Waals surface area contributed by atoms with Crippen molar-refractivity contribution in [3.63, 3.8) is 0 Å². The van der Waals surface area contributed by atoms with Gasteiger partial charge < -0.3 is 5.32 Å². The molecule has 1 aromatic rings. The Morgan fingerprint density at radius 3 is 2.15 bits per heavy atom. The molecule has 0 aromatic heterocycles. The summed E-state index contributed by atoms with van der Waals surface area (Å²) >= 11 is 0. The first-order valence-electron chi connectivity index (χ1n) is 8.28. The third kappa shape index (κ3) is 3.63. The quantitative estimate of drug-likeness (QED) is 0.791. The molecular formula is C19H31N. The van der Waals surface area contributed by atoms with Crippen LogP contribution in [-0.2, 0) is 6.42 Å². The van der Waals surface area contributed by atoms with Crippen LogP contribution in [0.5, 0.6) is 0 Å². The zero-order valence-corrected chi connectivity index (χ0v) is 13.8. The van der Waals surface area contributed by atoms with Crippen molar-refractivity contribution in [2.24, 2.45) is 5.41 Å². The summed E-state index contributed by atoms with van der Waals surface area (Å²) in [5.74, 6) is 0. The van der Waals surface area contributed by atoms with Gasteiger partial charge in [0.05, 0.1) is 0 Å². The molecule has 0 radical (unpaired) electrons. The molecule has 1 saturated carbocycles. The van der Waals surface area contributed by atoms with Crippen LogP contribution in [-0.4, -0.2) is 13.6 Å². The van der Waals surface area contributed by atoms with E-state index in [1.807, 2.05) is 0 Å². The van der Waals surface area contributed by atoms with Gasteiger partial charge in [-0.05, 0) is 88.6 Å². The number of hydrogen-bond donors (Lipinski definition) is 1. The van der Waals surface area contributed by atoms with Gasteiger partial charge in [-0.1, -0.05) is 30.5 Å². The van der Waals surface area contributed by atoms with Crippen LogP contribution < -0.4 is 5.32 Å². The summed E-state index contributed by atoms with van der Waals surface area (Å²) in [6.45, 7) is 7.94. The molecular weight excluding hydrogens is 242 g/mol. The minimum Gasteiger partial charge on any atom is -0.320 e. The number of hydrogen-bond acceptors (Lipinski definition) is 1. The maximum absolute atomic E-state index is 3.35. The van der Waals surface area contributed by atoms with Gasteiger partial charge >= 0.3 is 0 Å². The molecule has 0 aliphatic heterocycles. The van der Waals surface area contributed by atoms with E-state index in [2.05, 4.69) is 45.3 Å². The Labute approximate surface area is 125 Å². The Balaban J connectivity index is 2.06. The van der Waals surface area contributed by atoms with E-state index in [0.29, 0.717) is 5.41 Å². The first-order valence-corrected chi connectivity index (χ1v) is 8.28. The van der Waals surface area contributed by atoms with Gasteiger partial charge in [0, 0.05) is 0 Å². The average Bonchev–Trinajstić information content (AvgIpc) is 2.84. The first kappa shape index (κ1) is 15.6. The standard InChI is InChI=1S/C19H31N/c1-15-13-16(2)18(17(3)14-15)7-10-19(11-12-20-4)8-5-6-9-19/h13-14,20H,5-12H2,1-4H3. The lowest BCUT2D eigenvalue weighted by Crippen LogP contribution is -2.23. The van der Waals surface area contributed by atoms with E-state index >= 15 is 0 Å². The molecule has 0 bridgehead atoms. The van der Waals surface area contributed by atoms with Crippen LogP contribution in [0.3, 0.4) is 0 Å². The summed E-state index contributed by atoms with van der Waals surface area (Å²) in [5, 5.41) is 3.35. The minimum atomic E-state index is 0.618. The highest BCUT2D eigenvalue weighted by atomic mass is 14.8. The molecule has 1 aliphatic carbocycles. The second kappa shape index (κ2) is 6.76. The Bertz CT molecular complexity index is 418. The molecule has 0 atom stereocenters. The van der Waals surface area contributed by atoms with Crippen LogP contribution in [0.2, 0.25) is 0 Å². The van der Waals surface area contributed by atoms with E-state index in [1.54, 1.807) is 5.56 Å². The third-order valence-electron chi connectivity index (χ3n) is 5.32. The van der Waals surface area contributed by atoms with E-state index < -0.39 is 0 Å². The molecule has 1 N–H and O–H groups in total. The molecule has 1 fully saturated rings. The Hall–Kier alpha value is -0.820. The maximum atomic E-state index is 3.35. The molecule has 1 nitrogen and oxygen atoms in total. The van der Waals surface area contributed by atoms with Gasteiger partial charge in [-0.2, -0.15) is 0 Å². The molecule has 20 heavy (non-hydrogen) atoms. The summed E-state index contributed by atoms with van der Waals surface area (Å²) < 4.78 is 0. The van der Waals surface area contributed by atoms with Crippen LogP contribution >= 0.6 is 0 Å². The van der Waals surface area contributed by atoms with Crippen molar-refractivity contribution in [2.45, 2.75) is 65.7 Å². The van der Waals surface area contributed by atoms with Crippen LogP contribution in [0, 0.1) is 26.2 Å². The van der Waals surface area contributed by atoms with Crippen molar-refractivity contribution in [2.75, 3.05) is 13.6 Å². The lowest BCUT2D eigenvalue weighted by Gasteiger charge is -2.30. The number of nitrogens with one attached hydrogen (secondary N) is 1. The molecule has 1 aliphatic rings. The topological polar surface area (TPSA) is 12.0 Å². The molecule has 2 rings (SSSR count). The van der Waals surface area contributed by atoms with Crippen molar-refractivity contribution in [1.29, 1.82) is 0 Å². The van der Waals surface area contributed by atoms with Gasteiger partial charge in [-0.25, -0.2) is 0 Å². The van der Waals surface area contributed by atoms with Crippen molar-refractivity contribution < 1.29 is 0 Å². The van der Waals surface area contributed by atoms with Gasteiger partial charge in [0.25, 0.3) is 0 Å². The fourth-order valence-electron chi connectivity index (χ4n) is 4.13. The fourth-order valence-corrected chi connectivity index (χ4v) is 4.13. The fraction of sp³-hybridized carbons (Fsp3) is 0.684. The summed E-state index contributed by atoms with van der Waals surface area (Å²) in [6.07, 6.45) is 9.76. The summed E-state index contributed by atoms with van der Waals surface area (Å²) in [5.41, 5.74) is 6.60. The van der Waals surface area contributed by atoms with E-state index in [-0.39, 0.29) is 0 Å². The van der Waals surface area contributed by atoms with Gasteiger partial charge in [-0.15, -0.1) is 0 Å². The molecule has 0 amide bonds. The molecule has 0 heterocycles. The second-order valence-corrected chi connectivity index (χ2v) is 6.94. The van der Waals surface area contributed by atoms with Crippen molar-refractivity contribution in [3.8, 4) is 0 Å². The lowest BCUT2D eigenvalue weighted by molar-refractivity contribution is 0.247. The summed E-state index contributed by atoms with van der Waals surface area (Å²) in [6, 6.07) is 4.69.